The highest BCUT2D eigenvalue weighted by Crippen LogP contribution is 2.29. The number of non-ortho nitro benzene ring substituents is 1. The first-order valence-electron chi connectivity index (χ1n) is 7.26. The lowest BCUT2D eigenvalue weighted by Gasteiger charge is -2.34. The van der Waals surface area contributed by atoms with Crippen molar-refractivity contribution in [2.45, 2.75) is 31.7 Å². The van der Waals surface area contributed by atoms with E-state index in [9.17, 15) is 14.9 Å². The number of nitrogens with zero attached hydrogens (tertiary/aromatic N) is 2. The molecule has 0 radical (unpaired) electrons. The van der Waals surface area contributed by atoms with Crippen molar-refractivity contribution in [1.82, 2.24) is 4.90 Å². The molecular weight excluding hydrogens is 308 g/mol. The van der Waals surface area contributed by atoms with Gasteiger partial charge in [-0.3, -0.25) is 14.9 Å². The number of hydrogen-bond acceptors (Lipinski definition) is 4. The molecule has 1 N–H and O–H groups in total. The van der Waals surface area contributed by atoms with Gasteiger partial charge in [-0.25, -0.2) is 0 Å². The first-order chi connectivity index (χ1) is 10.4. The van der Waals surface area contributed by atoms with Crippen molar-refractivity contribution >= 4 is 23.2 Å². The molecule has 0 bridgehead atoms. The number of nitro benzene ring substituents is 1. The van der Waals surface area contributed by atoms with Crippen LogP contribution in [-0.2, 0) is 0 Å². The van der Waals surface area contributed by atoms with Crippen molar-refractivity contribution < 1.29 is 14.8 Å². The van der Waals surface area contributed by atoms with Crippen LogP contribution in [0.15, 0.2) is 18.2 Å². The number of benzene rings is 1. The van der Waals surface area contributed by atoms with Crippen LogP contribution in [0.25, 0.3) is 0 Å². The van der Waals surface area contributed by atoms with Gasteiger partial charge in [-0.05, 0) is 37.7 Å². The number of aliphatic hydroxyl groups is 1. The topological polar surface area (TPSA) is 83.7 Å². The zero-order valence-electron chi connectivity index (χ0n) is 12.4. The summed E-state index contributed by atoms with van der Waals surface area (Å²) >= 11 is 6.01. The van der Waals surface area contributed by atoms with Crippen molar-refractivity contribution in [2.24, 2.45) is 5.92 Å². The zero-order valence-corrected chi connectivity index (χ0v) is 13.1. The van der Waals surface area contributed by atoms with Crippen LogP contribution < -0.4 is 0 Å². The van der Waals surface area contributed by atoms with E-state index >= 15 is 0 Å². The summed E-state index contributed by atoms with van der Waals surface area (Å²) < 4.78 is 0. The molecule has 7 heteroatoms. The third-order valence-electron chi connectivity index (χ3n) is 4.34. The second-order valence-corrected chi connectivity index (χ2v) is 6.10. The van der Waals surface area contributed by atoms with Crippen molar-refractivity contribution in [3.8, 4) is 0 Å². The molecule has 0 aliphatic heterocycles. The summed E-state index contributed by atoms with van der Waals surface area (Å²) in [5, 5.41) is 20.0. The SMILES string of the molecule is CN(C(=O)c1ccc([N+](=O)[O-])cc1Cl)C1CCC(CO)CC1. The smallest absolute Gasteiger partial charge is 0.270 e. The van der Waals surface area contributed by atoms with E-state index < -0.39 is 4.92 Å². The van der Waals surface area contributed by atoms with Crippen LogP contribution in [0.4, 0.5) is 5.69 Å². The molecule has 22 heavy (non-hydrogen) atoms. The van der Waals surface area contributed by atoms with Gasteiger partial charge in [0.1, 0.15) is 0 Å². The molecule has 1 saturated carbocycles. The predicted molar refractivity (Wildman–Crippen MR) is 83.0 cm³/mol. The Labute approximate surface area is 133 Å². The highest BCUT2D eigenvalue weighted by atomic mass is 35.5. The van der Waals surface area contributed by atoms with Crippen molar-refractivity contribution in [2.75, 3.05) is 13.7 Å². The Balaban J connectivity index is 2.09. The van der Waals surface area contributed by atoms with Gasteiger partial charge in [-0.15, -0.1) is 0 Å². The number of aliphatic hydroxyl groups excluding tert-OH is 1. The number of rotatable bonds is 4. The lowest BCUT2D eigenvalue weighted by Crippen LogP contribution is -2.40. The first-order valence-corrected chi connectivity index (χ1v) is 7.63. The molecule has 0 aromatic heterocycles. The van der Waals surface area contributed by atoms with E-state index in [-0.39, 0.29) is 34.8 Å². The molecule has 1 fully saturated rings. The molecule has 6 nitrogen and oxygen atoms in total. The fourth-order valence-electron chi connectivity index (χ4n) is 2.86. The van der Waals surface area contributed by atoms with Gasteiger partial charge in [-0.2, -0.15) is 0 Å². The average molecular weight is 327 g/mol. The third kappa shape index (κ3) is 3.56. The summed E-state index contributed by atoms with van der Waals surface area (Å²) in [5.41, 5.74) is 0.145. The van der Waals surface area contributed by atoms with Crippen molar-refractivity contribution in [3.63, 3.8) is 0 Å². The van der Waals surface area contributed by atoms with Gasteiger partial charge in [0.2, 0.25) is 0 Å². The van der Waals surface area contributed by atoms with Crippen LogP contribution in [-0.4, -0.2) is 40.5 Å². The highest BCUT2D eigenvalue weighted by Gasteiger charge is 2.28. The molecule has 2 rings (SSSR count). The van der Waals surface area contributed by atoms with Gasteiger partial charge in [-0.1, -0.05) is 11.6 Å². The van der Waals surface area contributed by atoms with Gasteiger partial charge in [0.15, 0.2) is 0 Å². The second kappa shape index (κ2) is 7.07. The minimum Gasteiger partial charge on any atom is -0.396 e. The molecule has 0 spiro atoms. The lowest BCUT2D eigenvalue weighted by molar-refractivity contribution is -0.384. The quantitative estimate of drug-likeness (QED) is 0.681. The van der Waals surface area contributed by atoms with E-state index in [0.717, 1.165) is 25.7 Å². The molecule has 1 aromatic rings. The number of carbonyl (C=O) groups excluding carboxylic acids is 1. The van der Waals surface area contributed by atoms with Crippen LogP contribution in [0.3, 0.4) is 0 Å². The maximum Gasteiger partial charge on any atom is 0.270 e. The van der Waals surface area contributed by atoms with Crippen LogP contribution in [0.5, 0.6) is 0 Å². The van der Waals surface area contributed by atoms with E-state index in [0.29, 0.717) is 5.92 Å². The van der Waals surface area contributed by atoms with Gasteiger partial charge in [0.25, 0.3) is 11.6 Å². The van der Waals surface area contributed by atoms with E-state index in [1.807, 2.05) is 0 Å². The summed E-state index contributed by atoms with van der Waals surface area (Å²) in [6.07, 6.45) is 3.48. The molecule has 1 aromatic carbocycles. The van der Waals surface area contributed by atoms with Crippen LogP contribution >= 0.6 is 11.6 Å². The Morgan fingerprint density at radius 1 is 1.41 bits per heavy atom. The van der Waals surface area contributed by atoms with Gasteiger partial charge >= 0.3 is 0 Å². The number of carbonyl (C=O) groups is 1. The maximum atomic E-state index is 12.5. The summed E-state index contributed by atoms with van der Waals surface area (Å²) in [5.74, 6) is 0.0926. The fraction of sp³-hybridized carbons (Fsp3) is 0.533. The number of hydrogen-bond donors (Lipinski definition) is 1. The van der Waals surface area contributed by atoms with Crippen LogP contribution in [0.1, 0.15) is 36.0 Å². The Bertz CT molecular complexity index is 571. The maximum absolute atomic E-state index is 12.5. The van der Waals surface area contributed by atoms with Crippen molar-refractivity contribution in [1.29, 1.82) is 0 Å². The Kier molecular flexibility index (Phi) is 5.37. The summed E-state index contributed by atoms with van der Waals surface area (Å²) in [6, 6.07) is 4.00. The van der Waals surface area contributed by atoms with E-state index in [2.05, 4.69) is 0 Å². The van der Waals surface area contributed by atoms with E-state index in [1.165, 1.54) is 18.2 Å². The largest absolute Gasteiger partial charge is 0.396 e. The molecular formula is C15H19ClN2O4. The normalized spacial score (nSPS) is 21.4. The number of halogens is 1. The Morgan fingerprint density at radius 3 is 2.55 bits per heavy atom. The molecule has 1 aliphatic carbocycles. The molecule has 0 atom stereocenters. The minimum absolute atomic E-state index is 0.0927. The van der Waals surface area contributed by atoms with E-state index in [1.54, 1.807) is 11.9 Å². The number of nitro groups is 1. The van der Waals surface area contributed by atoms with Crippen LogP contribution in [0, 0.1) is 16.0 Å². The highest BCUT2D eigenvalue weighted by molar-refractivity contribution is 6.34. The second-order valence-electron chi connectivity index (χ2n) is 5.69. The predicted octanol–water partition coefficient (Wildman–Crippen LogP) is 2.87. The van der Waals surface area contributed by atoms with Gasteiger partial charge < -0.3 is 10.0 Å². The summed E-state index contributed by atoms with van der Waals surface area (Å²) in [7, 11) is 1.73. The summed E-state index contributed by atoms with van der Waals surface area (Å²) in [4.78, 5) is 24.3. The molecule has 120 valence electrons. The third-order valence-corrected chi connectivity index (χ3v) is 4.65. The molecule has 0 heterocycles. The van der Waals surface area contributed by atoms with Gasteiger partial charge in [0.05, 0.1) is 15.5 Å². The van der Waals surface area contributed by atoms with Crippen molar-refractivity contribution in [3.05, 3.63) is 38.9 Å². The molecule has 1 amide bonds. The first kappa shape index (κ1) is 16.7. The Hall–Kier alpha value is -1.66. The monoisotopic (exact) mass is 326 g/mol. The zero-order chi connectivity index (χ0) is 16.3. The minimum atomic E-state index is -0.542. The summed E-state index contributed by atoms with van der Waals surface area (Å²) in [6.45, 7) is 0.193. The fourth-order valence-corrected chi connectivity index (χ4v) is 3.12. The van der Waals surface area contributed by atoms with Crippen LogP contribution in [0.2, 0.25) is 5.02 Å². The molecule has 0 saturated heterocycles. The molecule has 0 unspecified atom stereocenters. The van der Waals surface area contributed by atoms with Gasteiger partial charge in [0, 0.05) is 31.8 Å². The average Bonchev–Trinajstić information content (AvgIpc) is 2.53. The standard InChI is InChI=1S/C15H19ClN2O4/c1-17(11-4-2-10(9-19)3-5-11)15(20)13-7-6-12(18(21)22)8-14(13)16/h6-8,10-11,19H,2-5,9H2,1H3. The Morgan fingerprint density at radius 2 is 2.05 bits per heavy atom. The number of amides is 1. The lowest BCUT2D eigenvalue weighted by atomic mass is 9.86. The van der Waals surface area contributed by atoms with E-state index in [4.69, 9.17) is 16.7 Å². The molecule has 1 aliphatic rings.